The second-order valence-corrected chi connectivity index (χ2v) is 6.13. The van der Waals surface area contributed by atoms with E-state index in [4.69, 9.17) is 0 Å². The number of aryl methyl sites for hydroxylation is 1. The Balaban J connectivity index is 1.76. The number of carbonyl (C=O) groups is 1. The molecule has 1 atom stereocenters. The van der Waals surface area contributed by atoms with Crippen LogP contribution in [0.1, 0.15) is 41.7 Å². The SMILES string of the molecule is Cc1cc(N2CCC(N3CCCCC3)C2)c(C(=O)O)cn1. The number of nitrogens with zero attached hydrogens (tertiary/aromatic N) is 3. The van der Waals surface area contributed by atoms with Crippen LogP contribution in [0.15, 0.2) is 12.3 Å². The lowest BCUT2D eigenvalue weighted by Gasteiger charge is -2.32. The first-order valence-corrected chi connectivity index (χ1v) is 7.84. The van der Waals surface area contributed by atoms with Crippen molar-refractivity contribution in [3.05, 3.63) is 23.5 Å². The lowest BCUT2D eigenvalue weighted by Crippen LogP contribution is -2.41. The smallest absolute Gasteiger partial charge is 0.339 e. The van der Waals surface area contributed by atoms with Gasteiger partial charge < -0.3 is 10.0 Å². The van der Waals surface area contributed by atoms with Gasteiger partial charge in [0.2, 0.25) is 0 Å². The molecule has 0 radical (unpaired) electrons. The van der Waals surface area contributed by atoms with Crippen LogP contribution in [0.2, 0.25) is 0 Å². The Morgan fingerprint density at radius 2 is 2.05 bits per heavy atom. The molecule has 5 heteroatoms. The summed E-state index contributed by atoms with van der Waals surface area (Å²) in [5.41, 5.74) is 2.02. The van der Waals surface area contributed by atoms with Crippen molar-refractivity contribution < 1.29 is 9.90 Å². The topological polar surface area (TPSA) is 56.7 Å². The Labute approximate surface area is 125 Å². The van der Waals surface area contributed by atoms with E-state index >= 15 is 0 Å². The molecule has 3 heterocycles. The molecule has 0 spiro atoms. The highest BCUT2D eigenvalue weighted by molar-refractivity contribution is 5.94. The highest BCUT2D eigenvalue weighted by atomic mass is 16.4. The molecule has 0 aromatic carbocycles. The molecule has 2 aliphatic rings. The number of pyridine rings is 1. The van der Waals surface area contributed by atoms with Gasteiger partial charge in [-0.2, -0.15) is 0 Å². The highest BCUT2D eigenvalue weighted by Crippen LogP contribution is 2.28. The normalized spacial score (nSPS) is 23.5. The van der Waals surface area contributed by atoms with Crippen molar-refractivity contribution in [2.24, 2.45) is 0 Å². The van der Waals surface area contributed by atoms with Crippen molar-refractivity contribution in [3.63, 3.8) is 0 Å². The molecule has 0 amide bonds. The van der Waals surface area contributed by atoms with E-state index < -0.39 is 5.97 Å². The molecule has 114 valence electrons. The van der Waals surface area contributed by atoms with Crippen LogP contribution in [0.5, 0.6) is 0 Å². The number of anilines is 1. The summed E-state index contributed by atoms with van der Waals surface area (Å²) in [6.07, 6.45) is 6.55. The Hall–Kier alpha value is -1.62. The van der Waals surface area contributed by atoms with E-state index in [-0.39, 0.29) is 0 Å². The zero-order valence-corrected chi connectivity index (χ0v) is 12.6. The molecule has 1 N–H and O–H groups in total. The second kappa shape index (κ2) is 6.02. The Morgan fingerprint density at radius 1 is 1.29 bits per heavy atom. The van der Waals surface area contributed by atoms with Crippen molar-refractivity contribution in [3.8, 4) is 0 Å². The van der Waals surface area contributed by atoms with Gasteiger partial charge in [-0.3, -0.25) is 9.88 Å². The summed E-state index contributed by atoms with van der Waals surface area (Å²) < 4.78 is 0. The first-order valence-electron chi connectivity index (χ1n) is 7.84. The average Bonchev–Trinajstić information content (AvgIpc) is 2.97. The largest absolute Gasteiger partial charge is 0.478 e. The number of aromatic nitrogens is 1. The molecule has 1 unspecified atom stereocenters. The fourth-order valence-corrected chi connectivity index (χ4v) is 3.51. The number of piperidine rings is 1. The molecule has 1 aromatic rings. The molecule has 21 heavy (non-hydrogen) atoms. The van der Waals surface area contributed by atoms with Crippen LogP contribution in [-0.4, -0.2) is 53.2 Å². The van der Waals surface area contributed by atoms with E-state index in [1.807, 2.05) is 13.0 Å². The Bertz CT molecular complexity index is 526. The van der Waals surface area contributed by atoms with Crippen LogP contribution in [0.4, 0.5) is 5.69 Å². The number of hydrogen-bond acceptors (Lipinski definition) is 4. The second-order valence-electron chi connectivity index (χ2n) is 6.13. The number of carboxylic acid groups (broad SMARTS) is 1. The maximum atomic E-state index is 11.4. The van der Waals surface area contributed by atoms with Crippen molar-refractivity contribution >= 4 is 11.7 Å². The van der Waals surface area contributed by atoms with Gasteiger partial charge in [-0.15, -0.1) is 0 Å². The standard InChI is InChI=1S/C16H23N3O2/c1-12-9-15(14(10-17-12)16(20)21)19-8-5-13(11-19)18-6-3-2-4-7-18/h9-10,13H,2-8,11H2,1H3,(H,20,21). The first-order chi connectivity index (χ1) is 10.1. The van der Waals surface area contributed by atoms with E-state index in [0.717, 1.165) is 30.9 Å². The summed E-state index contributed by atoms with van der Waals surface area (Å²) in [7, 11) is 0. The summed E-state index contributed by atoms with van der Waals surface area (Å²) in [6.45, 7) is 6.17. The lowest BCUT2D eigenvalue weighted by molar-refractivity contribution is 0.0697. The molecular weight excluding hydrogens is 266 g/mol. The number of carboxylic acids is 1. The van der Waals surface area contributed by atoms with Crippen molar-refractivity contribution in [2.45, 2.75) is 38.6 Å². The lowest BCUT2D eigenvalue weighted by atomic mass is 10.1. The van der Waals surface area contributed by atoms with Gasteiger partial charge in [0.15, 0.2) is 0 Å². The van der Waals surface area contributed by atoms with Gasteiger partial charge in [0, 0.05) is 31.0 Å². The maximum Gasteiger partial charge on any atom is 0.339 e. The van der Waals surface area contributed by atoms with Crippen LogP contribution < -0.4 is 4.90 Å². The quantitative estimate of drug-likeness (QED) is 0.924. The zero-order chi connectivity index (χ0) is 14.8. The number of aromatic carboxylic acids is 1. The first kappa shape index (κ1) is 14.3. The molecule has 3 rings (SSSR count). The molecule has 1 aromatic heterocycles. The summed E-state index contributed by atoms with van der Waals surface area (Å²) in [4.78, 5) is 20.3. The third kappa shape index (κ3) is 3.02. The number of rotatable bonds is 3. The summed E-state index contributed by atoms with van der Waals surface area (Å²) in [5, 5.41) is 9.35. The minimum Gasteiger partial charge on any atom is -0.478 e. The van der Waals surface area contributed by atoms with Crippen LogP contribution >= 0.6 is 0 Å². The van der Waals surface area contributed by atoms with E-state index in [2.05, 4.69) is 14.8 Å². The molecule has 2 fully saturated rings. The molecule has 0 aliphatic carbocycles. The monoisotopic (exact) mass is 289 g/mol. The minimum absolute atomic E-state index is 0.319. The van der Waals surface area contributed by atoms with Crippen LogP contribution in [0.3, 0.4) is 0 Å². The van der Waals surface area contributed by atoms with Gasteiger partial charge in [0.25, 0.3) is 0 Å². The molecule has 5 nitrogen and oxygen atoms in total. The minimum atomic E-state index is -0.890. The zero-order valence-electron chi connectivity index (χ0n) is 12.6. The van der Waals surface area contributed by atoms with E-state index in [1.54, 1.807) is 0 Å². The van der Waals surface area contributed by atoms with Crippen molar-refractivity contribution in [2.75, 3.05) is 31.1 Å². The fraction of sp³-hybridized carbons (Fsp3) is 0.625. The predicted molar refractivity (Wildman–Crippen MR) is 82.0 cm³/mol. The molecule has 0 bridgehead atoms. The fourth-order valence-electron chi connectivity index (χ4n) is 3.51. The highest BCUT2D eigenvalue weighted by Gasteiger charge is 2.30. The van der Waals surface area contributed by atoms with Crippen LogP contribution in [-0.2, 0) is 0 Å². The van der Waals surface area contributed by atoms with E-state index in [0.29, 0.717) is 11.6 Å². The third-order valence-corrected chi connectivity index (χ3v) is 4.66. The van der Waals surface area contributed by atoms with E-state index in [9.17, 15) is 9.90 Å². The summed E-state index contributed by atoms with van der Waals surface area (Å²) in [6, 6.07) is 2.47. The number of hydrogen-bond donors (Lipinski definition) is 1. The number of likely N-dealkylation sites (tertiary alicyclic amines) is 1. The van der Waals surface area contributed by atoms with Crippen LogP contribution in [0.25, 0.3) is 0 Å². The average molecular weight is 289 g/mol. The van der Waals surface area contributed by atoms with Gasteiger partial charge in [-0.05, 0) is 45.3 Å². The summed E-state index contributed by atoms with van der Waals surface area (Å²) in [5.74, 6) is -0.890. The molecular formula is C16H23N3O2. The predicted octanol–water partition coefficient (Wildman–Crippen LogP) is 2.15. The third-order valence-electron chi connectivity index (χ3n) is 4.66. The Morgan fingerprint density at radius 3 is 2.76 bits per heavy atom. The van der Waals surface area contributed by atoms with Crippen molar-refractivity contribution in [1.82, 2.24) is 9.88 Å². The van der Waals surface area contributed by atoms with Crippen LogP contribution in [0, 0.1) is 6.92 Å². The van der Waals surface area contributed by atoms with Gasteiger partial charge in [-0.1, -0.05) is 6.42 Å². The van der Waals surface area contributed by atoms with Gasteiger partial charge in [0.05, 0.1) is 5.69 Å². The molecule has 2 aliphatic heterocycles. The maximum absolute atomic E-state index is 11.4. The molecule has 2 saturated heterocycles. The van der Waals surface area contributed by atoms with Gasteiger partial charge in [0.1, 0.15) is 5.56 Å². The Kier molecular flexibility index (Phi) is 4.10. The van der Waals surface area contributed by atoms with Gasteiger partial charge >= 0.3 is 5.97 Å². The van der Waals surface area contributed by atoms with Crippen molar-refractivity contribution in [1.29, 1.82) is 0 Å². The van der Waals surface area contributed by atoms with Gasteiger partial charge in [-0.25, -0.2) is 4.79 Å². The molecule has 0 saturated carbocycles. The van der Waals surface area contributed by atoms with E-state index in [1.165, 1.54) is 38.5 Å². The summed E-state index contributed by atoms with van der Waals surface area (Å²) >= 11 is 0.